The van der Waals surface area contributed by atoms with Crippen LogP contribution in [-0.2, 0) is 19.2 Å². The predicted octanol–water partition coefficient (Wildman–Crippen LogP) is 2.49. The minimum absolute atomic E-state index is 0.00806. The van der Waals surface area contributed by atoms with Crippen molar-refractivity contribution in [1.82, 2.24) is 5.06 Å². The van der Waals surface area contributed by atoms with E-state index in [1.54, 1.807) is 60.5 Å². The number of nitrogens with zero attached hydrogens (tertiary/aromatic N) is 3. The Balaban J connectivity index is 1.52. The molecular formula is C25H27N3O5. The van der Waals surface area contributed by atoms with Crippen LogP contribution in [0.2, 0.25) is 0 Å². The van der Waals surface area contributed by atoms with Gasteiger partial charge in [0.15, 0.2) is 6.10 Å². The van der Waals surface area contributed by atoms with E-state index < -0.39 is 18.1 Å². The Morgan fingerprint density at radius 1 is 0.848 bits per heavy atom. The van der Waals surface area contributed by atoms with Crippen LogP contribution >= 0.6 is 0 Å². The summed E-state index contributed by atoms with van der Waals surface area (Å²) in [5.41, 5.74) is 1.26. The first-order chi connectivity index (χ1) is 15.8. The van der Waals surface area contributed by atoms with Gasteiger partial charge in [0.2, 0.25) is 11.8 Å². The Kier molecular flexibility index (Phi) is 5.22. The Hall–Kier alpha value is -3.23. The Labute approximate surface area is 192 Å². The normalized spacial score (nSPS) is 29.6. The third kappa shape index (κ3) is 3.16. The van der Waals surface area contributed by atoms with Crippen molar-refractivity contribution in [1.29, 1.82) is 0 Å². The number of fused-ring (bicyclic) bond motifs is 1. The van der Waals surface area contributed by atoms with Crippen LogP contribution in [0.25, 0.3) is 0 Å². The summed E-state index contributed by atoms with van der Waals surface area (Å²) in [6, 6.07) is 15.4. The maximum absolute atomic E-state index is 13.6. The van der Waals surface area contributed by atoms with Crippen molar-refractivity contribution >= 4 is 29.1 Å². The van der Waals surface area contributed by atoms with Crippen LogP contribution in [0, 0.1) is 17.8 Å². The summed E-state index contributed by atoms with van der Waals surface area (Å²) < 4.78 is 5.25. The number of hydrogen-bond acceptors (Lipinski definition) is 6. The highest BCUT2D eigenvalue weighted by molar-refractivity contribution is 6.23. The molecule has 3 heterocycles. The predicted molar refractivity (Wildman–Crippen MR) is 121 cm³/mol. The van der Waals surface area contributed by atoms with Gasteiger partial charge in [-0.2, -0.15) is 5.06 Å². The number of amides is 3. The molecule has 0 bridgehead atoms. The van der Waals surface area contributed by atoms with Crippen LogP contribution in [0.4, 0.5) is 11.4 Å². The zero-order chi connectivity index (χ0) is 23.4. The molecule has 5 atom stereocenters. The van der Waals surface area contributed by atoms with Crippen molar-refractivity contribution in [3.05, 3.63) is 54.6 Å². The molecule has 3 saturated heterocycles. The molecule has 3 fully saturated rings. The van der Waals surface area contributed by atoms with E-state index in [1.165, 1.54) is 4.90 Å². The molecule has 0 radical (unpaired) electrons. The fourth-order valence-electron chi connectivity index (χ4n) is 5.46. The lowest BCUT2D eigenvalue weighted by atomic mass is 9.71. The third-order valence-electron chi connectivity index (χ3n) is 6.98. The van der Waals surface area contributed by atoms with Gasteiger partial charge in [-0.05, 0) is 42.3 Å². The van der Waals surface area contributed by atoms with E-state index in [2.05, 4.69) is 0 Å². The number of carbonyl (C=O) groups is 3. The molecule has 0 aromatic heterocycles. The van der Waals surface area contributed by atoms with Crippen molar-refractivity contribution in [2.75, 3.05) is 24.0 Å². The second-order valence-corrected chi connectivity index (χ2v) is 9.10. The van der Waals surface area contributed by atoms with E-state index in [1.807, 2.05) is 32.0 Å². The number of imide groups is 1. The number of para-hydroxylation sites is 1. The lowest BCUT2D eigenvalue weighted by molar-refractivity contribution is -0.167. The van der Waals surface area contributed by atoms with Crippen LogP contribution in [0.1, 0.15) is 13.8 Å². The second kappa shape index (κ2) is 7.97. The SMILES string of the molecule is COc1ccc(N2C(=O)[C@@H](C(C)C)[C@H]2[C@@H]2[C@H]3C(=O)N(c4ccccc4)C(=O)[C@H]3ON2C)cc1. The lowest BCUT2D eigenvalue weighted by Gasteiger charge is -2.53. The number of rotatable bonds is 5. The average molecular weight is 450 g/mol. The van der Waals surface area contributed by atoms with E-state index in [9.17, 15) is 14.4 Å². The monoisotopic (exact) mass is 449 g/mol. The molecule has 5 rings (SSSR count). The van der Waals surface area contributed by atoms with Gasteiger partial charge in [-0.15, -0.1) is 0 Å². The summed E-state index contributed by atoms with van der Waals surface area (Å²) in [7, 11) is 3.33. The molecule has 3 amide bonds. The summed E-state index contributed by atoms with van der Waals surface area (Å²) in [6.07, 6.45) is -0.895. The van der Waals surface area contributed by atoms with Crippen molar-refractivity contribution < 1.29 is 24.0 Å². The fraction of sp³-hybridized carbons (Fsp3) is 0.400. The third-order valence-corrected chi connectivity index (χ3v) is 6.98. The largest absolute Gasteiger partial charge is 0.497 e. The van der Waals surface area contributed by atoms with Gasteiger partial charge < -0.3 is 9.64 Å². The van der Waals surface area contributed by atoms with Gasteiger partial charge in [0.1, 0.15) is 5.75 Å². The van der Waals surface area contributed by atoms with Crippen LogP contribution < -0.4 is 14.5 Å². The lowest BCUT2D eigenvalue weighted by Crippen LogP contribution is -2.70. The van der Waals surface area contributed by atoms with Gasteiger partial charge in [0, 0.05) is 12.7 Å². The smallest absolute Gasteiger partial charge is 0.265 e. The van der Waals surface area contributed by atoms with Gasteiger partial charge in [-0.1, -0.05) is 32.0 Å². The first-order valence-electron chi connectivity index (χ1n) is 11.1. The summed E-state index contributed by atoms with van der Waals surface area (Å²) in [6.45, 7) is 4.01. The molecule has 33 heavy (non-hydrogen) atoms. The number of β-lactam (4-membered cyclic amide) rings is 1. The molecule has 0 spiro atoms. The maximum Gasteiger partial charge on any atom is 0.265 e. The van der Waals surface area contributed by atoms with Crippen molar-refractivity contribution in [2.24, 2.45) is 17.8 Å². The zero-order valence-electron chi connectivity index (χ0n) is 19.0. The Morgan fingerprint density at radius 2 is 1.52 bits per heavy atom. The molecule has 3 aliphatic rings. The highest BCUT2D eigenvalue weighted by Crippen LogP contribution is 2.47. The van der Waals surface area contributed by atoms with Gasteiger partial charge >= 0.3 is 0 Å². The number of ether oxygens (including phenoxy) is 1. The average Bonchev–Trinajstić information content (AvgIpc) is 3.25. The van der Waals surface area contributed by atoms with E-state index in [-0.39, 0.29) is 35.6 Å². The highest BCUT2D eigenvalue weighted by atomic mass is 16.7. The van der Waals surface area contributed by atoms with Crippen LogP contribution in [0.5, 0.6) is 5.75 Å². The minimum atomic E-state index is -0.895. The van der Waals surface area contributed by atoms with Gasteiger partial charge in [0.05, 0.1) is 36.7 Å². The topological polar surface area (TPSA) is 79.4 Å². The molecule has 8 nitrogen and oxygen atoms in total. The molecular weight excluding hydrogens is 422 g/mol. The van der Waals surface area contributed by atoms with E-state index >= 15 is 0 Å². The van der Waals surface area contributed by atoms with Gasteiger partial charge in [0.25, 0.3) is 5.91 Å². The van der Waals surface area contributed by atoms with Crippen LogP contribution in [0.15, 0.2) is 54.6 Å². The zero-order valence-corrected chi connectivity index (χ0v) is 19.0. The molecule has 2 aromatic rings. The molecule has 0 saturated carbocycles. The summed E-state index contributed by atoms with van der Waals surface area (Å²) in [5, 5.41) is 1.61. The van der Waals surface area contributed by atoms with Gasteiger partial charge in [-0.25, -0.2) is 4.90 Å². The number of hydrogen-bond donors (Lipinski definition) is 0. The molecule has 172 valence electrons. The number of likely N-dealkylation sites (N-methyl/N-ethyl adjacent to an activating group) is 1. The summed E-state index contributed by atoms with van der Waals surface area (Å²) in [5.74, 6) is -0.857. The minimum Gasteiger partial charge on any atom is -0.497 e. The molecule has 0 unspecified atom stereocenters. The standard InChI is InChI=1S/C25H27N3O5/c1-14(2)18-21(27(23(18)29)16-10-12-17(32-4)13-11-16)20-19-22(33-26(20)3)25(31)28(24(19)30)15-8-6-5-7-9-15/h5-14,18-22H,1-4H3/t18-,19+,20-,21-,22-/m0/s1. The number of hydroxylamine groups is 2. The molecule has 8 heteroatoms. The van der Waals surface area contributed by atoms with Crippen molar-refractivity contribution in [3.63, 3.8) is 0 Å². The maximum atomic E-state index is 13.6. The quantitative estimate of drug-likeness (QED) is 0.516. The van der Waals surface area contributed by atoms with Crippen LogP contribution in [0.3, 0.4) is 0 Å². The molecule has 0 N–H and O–H groups in total. The second-order valence-electron chi connectivity index (χ2n) is 9.10. The van der Waals surface area contributed by atoms with Crippen molar-refractivity contribution in [2.45, 2.75) is 32.0 Å². The van der Waals surface area contributed by atoms with Crippen LogP contribution in [-0.4, -0.2) is 55.1 Å². The number of methoxy groups -OCH3 is 1. The number of anilines is 2. The van der Waals surface area contributed by atoms with E-state index in [0.29, 0.717) is 11.4 Å². The first-order valence-corrected chi connectivity index (χ1v) is 11.1. The Morgan fingerprint density at radius 3 is 2.12 bits per heavy atom. The molecule has 3 aliphatic heterocycles. The summed E-state index contributed by atoms with van der Waals surface area (Å²) in [4.78, 5) is 48.9. The Bertz CT molecular complexity index is 1090. The number of benzene rings is 2. The van der Waals surface area contributed by atoms with Crippen molar-refractivity contribution in [3.8, 4) is 5.75 Å². The molecule has 2 aromatic carbocycles. The summed E-state index contributed by atoms with van der Waals surface area (Å²) >= 11 is 0. The van der Waals surface area contributed by atoms with E-state index in [0.717, 1.165) is 5.69 Å². The number of carbonyl (C=O) groups excluding carboxylic acids is 3. The fourth-order valence-corrected chi connectivity index (χ4v) is 5.46. The van der Waals surface area contributed by atoms with Gasteiger partial charge in [-0.3, -0.25) is 19.2 Å². The van der Waals surface area contributed by atoms with E-state index in [4.69, 9.17) is 9.57 Å². The first kappa shape index (κ1) is 21.6. The molecule has 0 aliphatic carbocycles. The highest BCUT2D eigenvalue weighted by Gasteiger charge is 2.66.